The Hall–Kier alpha value is -1.31. The van der Waals surface area contributed by atoms with Gasteiger partial charge in [0, 0.05) is 28.2 Å². The molecule has 0 aliphatic carbocycles. The van der Waals surface area contributed by atoms with E-state index in [1.54, 1.807) is 18.2 Å². The van der Waals surface area contributed by atoms with Gasteiger partial charge < -0.3 is 4.74 Å². The Morgan fingerprint density at radius 3 is 2.25 bits per heavy atom. The molecule has 1 unspecified atom stereocenters. The van der Waals surface area contributed by atoms with E-state index >= 15 is 0 Å². The standard InChI is InChI=1S/C26H37F2IO3/c1-4-15-21(25(31)32-5-2)17-11-9-7-6-8-10-12-19-23(24(30)26(27,28)29)22-18-14-13-16-20(22)3/h13-14,16,18-19,21H,4-12,15,17H2,1-3H3/b23-19+. The van der Waals surface area contributed by atoms with Crippen molar-refractivity contribution in [3.8, 4) is 0 Å². The highest BCUT2D eigenvalue weighted by molar-refractivity contribution is 14.1. The van der Waals surface area contributed by atoms with Crippen LogP contribution in [0, 0.1) is 12.8 Å². The number of esters is 1. The predicted octanol–water partition coefficient (Wildman–Crippen LogP) is 8.08. The summed E-state index contributed by atoms with van der Waals surface area (Å²) in [5, 5.41) is 0. The number of hydrogen-bond donors (Lipinski definition) is 0. The summed E-state index contributed by atoms with van der Waals surface area (Å²) in [6.07, 6.45) is 11.1. The summed E-state index contributed by atoms with van der Waals surface area (Å²) in [5.41, 5.74) is 1.51. The van der Waals surface area contributed by atoms with Crippen LogP contribution in [0.3, 0.4) is 0 Å². The summed E-state index contributed by atoms with van der Waals surface area (Å²) in [5.74, 6) is -1.19. The molecule has 1 rings (SSSR count). The Balaban J connectivity index is 2.43. The van der Waals surface area contributed by atoms with Crippen LogP contribution >= 0.6 is 22.6 Å². The SMILES string of the molecule is CCCC(CCCCCCCC/C=C(/C(=O)C(F)(F)I)c1ccccc1C)C(=O)OCC. The number of rotatable bonds is 16. The second-order valence-electron chi connectivity index (χ2n) is 8.20. The molecule has 0 heterocycles. The van der Waals surface area contributed by atoms with E-state index in [0.717, 1.165) is 85.9 Å². The largest absolute Gasteiger partial charge is 0.466 e. The summed E-state index contributed by atoms with van der Waals surface area (Å²) < 4.78 is 29.1. The van der Waals surface area contributed by atoms with Crippen molar-refractivity contribution >= 4 is 39.9 Å². The van der Waals surface area contributed by atoms with Gasteiger partial charge in [-0.3, -0.25) is 9.59 Å². The van der Waals surface area contributed by atoms with Crippen molar-refractivity contribution in [1.29, 1.82) is 0 Å². The molecule has 1 atom stereocenters. The fraction of sp³-hybridized carbons (Fsp3) is 0.615. The Kier molecular flexibility index (Phi) is 13.9. The minimum Gasteiger partial charge on any atom is -0.466 e. The van der Waals surface area contributed by atoms with Crippen molar-refractivity contribution < 1.29 is 23.1 Å². The topological polar surface area (TPSA) is 43.4 Å². The lowest BCUT2D eigenvalue weighted by atomic mass is 9.95. The van der Waals surface area contributed by atoms with Crippen molar-refractivity contribution in [1.82, 2.24) is 0 Å². The van der Waals surface area contributed by atoms with Gasteiger partial charge in [-0.25, -0.2) is 0 Å². The van der Waals surface area contributed by atoms with Gasteiger partial charge in [0.15, 0.2) is 0 Å². The predicted molar refractivity (Wildman–Crippen MR) is 135 cm³/mol. The molecule has 0 amide bonds. The number of ether oxygens (including phenoxy) is 1. The number of ketones is 1. The third kappa shape index (κ3) is 10.5. The van der Waals surface area contributed by atoms with Gasteiger partial charge in [-0.05, 0) is 50.7 Å². The van der Waals surface area contributed by atoms with Crippen LogP contribution in [0.4, 0.5) is 8.78 Å². The molecule has 0 radical (unpaired) electrons. The number of carbonyl (C=O) groups excluding carboxylic acids is 2. The Labute approximate surface area is 205 Å². The zero-order valence-electron chi connectivity index (χ0n) is 19.6. The molecular formula is C26H37F2IO3. The third-order valence-corrected chi connectivity index (χ3v) is 6.04. The Morgan fingerprint density at radius 1 is 1.03 bits per heavy atom. The van der Waals surface area contributed by atoms with Crippen LogP contribution in [-0.2, 0) is 14.3 Å². The maximum absolute atomic E-state index is 13.7. The molecule has 1 aromatic rings. The zero-order valence-corrected chi connectivity index (χ0v) is 21.8. The van der Waals surface area contributed by atoms with Crippen LogP contribution in [0.25, 0.3) is 5.57 Å². The average molecular weight is 562 g/mol. The summed E-state index contributed by atoms with van der Waals surface area (Å²) in [4.78, 5) is 24.2. The van der Waals surface area contributed by atoms with Crippen LogP contribution < -0.4 is 0 Å². The summed E-state index contributed by atoms with van der Waals surface area (Å²) in [6, 6.07) is 7.15. The normalized spacial score (nSPS) is 13.1. The number of unbranched alkanes of at least 4 members (excludes halogenated alkanes) is 6. The summed E-state index contributed by atoms with van der Waals surface area (Å²) >= 11 is 0.909. The monoisotopic (exact) mass is 562 g/mol. The Morgan fingerprint density at radius 2 is 1.66 bits per heavy atom. The molecule has 0 aliphatic rings. The van der Waals surface area contributed by atoms with Gasteiger partial charge in [0.1, 0.15) is 0 Å². The molecule has 0 fully saturated rings. The number of hydrogen-bond acceptors (Lipinski definition) is 3. The molecule has 0 bridgehead atoms. The maximum Gasteiger partial charge on any atom is 0.357 e. The van der Waals surface area contributed by atoms with E-state index in [1.807, 2.05) is 26.0 Å². The molecule has 1 aromatic carbocycles. The molecule has 3 nitrogen and oxygen atoms in total. The fourth-order valence-electron chi connectivity index (χ4n) is 3.83. The number of alkyl halides is 3. The molecule has 0 N–H and O–H groups in total. The molecule has 0 saturated heterocycles. The van der Waals surface area contributed by atoms with Crippen molar-refractivity contribution in [2.45, 2.75) is 88.9 Å². The highest BCUT2D eigenvalue weighted by atomic mass is 127. The molecule has 6 heteroatoms. The second-order valence-corrected chi connectivity index (χ2v) is 9.55. The van der Waals surface area contributed by atoms with Gasteiger partial charge >= 0.3 is 9.90 Å². The summed E-state index contributed by atoms with van der Waals surface area (Å²) in [7, 11) is 0. The quantitative estimate of drug-likeness (QED) is 0.0673. The maximum atomic E-state index is 13.7. The molecule has 0 spiro atoms. The van der Waals surface area contributed by atoms with Crippen LogP contribution in [0.2, 0.25) is 0 Å². The van der Waals surface area contributed by atoms with Crippen LogP contribution in [0.15, 0.2) is 30.3 Å². The van der Waals surface area contributed by atoms with Gasteiger partial charge in [-0.1, -0.05) is 75.8 Å². The first kappa shape index (κ1) is 28.7. The number of benzene rings is 1. The number of Topliss-reactive ketones (excluding diaryl/α,β-unsaturated/α-hetero) is 1. The van der Waals surface area contributed by atoms with E-state index in [-0.39, 0.29) is 17.5 Å². The molecule has 0 saturated carbocycles. The van der Waals surface area contributed by atoms with E-state index in [2.05, 4.69) is 6.92 Å². The number of allylic oxidation sites excluding steroid dienone is 2. The highest BCUT2D eigenvalue weighted by Gasteiger charge is 2.37. The number of carbonyl (C=O) groups is 2. The number of halogens is 3. The van der Waals surface area contributed by atoms with Crippen molar-refractivity contribution in [2.24, 2.45) is 5.92 Å². The second kappa shape index (κ2) is 15.5. The van der Waals surface area contributed by atoms with Crippen LogP contribution in [-0.4, -0.2) is 22.3 Å². The van der Waals surface area contributed by atoms with Gasteiger partial charge in [0.25, 0.3) is 0 Å². The zero-order chi connectivity index (χ0) is 24.0. The molecule has 0 aromatic heterocycles. The van der Waals surface area contributed by atoms with Gasteiger partial charge in [0.2, 0.25) is 5.78 Å². The lowest BCUT2D eigenvalue weighted by Gasteiger charge is -2.14. The minimum absolute atomic E-state index is 0.0125. The van der Waals surface area contributed by atoms with Gasteiger partial charge in [-0.15, -0.1) is 0 Å². The Bertz CT molecular complexity index is 741. The van der Waals surface area contributed by atoms with Crippen LogP contribution in [0.1, 0.15) is 89.2 Å². The first-order chi connectivity index (χ1) is 15.2. The van der Waals surface area contributed by atoms with E-state index in [9.17, 15) is 18.4 Å². The summed E-state index contributed by atoms with van der Waals surface area (Å²) in [6.45, 7) is 6.18. The highest BCUT2D eigenvalue weighted by Crippen LogP contribution is 2.32. The lowest BCUT2D eigenvalue weighted by molar-refractivity contribution is -0.148. The smallest absolute Gasteiger partial charge is 0.357 e. The lowest BCUT2D eigenvalue weighted by Crippen LogP contribution is -2.22. The van der Waals surface area contributed by atoms with Gasteiger partial charge in [0.05, 0.1) is 12.5 Å². The first-order valence-corrected chi connectivity index (χ1v) is 12.8. The third-order valence-electron chi connectivity index (χ3n) is 5.55. The van der Waals surface area contributed by atoms with E-state index in [4.69, 9.17) is 4.74 Å². The van der Waals surface area contributed by atoms with E-state index in [1.165, 1.54) is 0 Å². The minimum atomic E-state index is -3.41. The van der Waals surface area contributed by atoms with E-state index in [0.29, 0.717) is 18.6 Å². The molecule has 180 valence electrons. The van der Waals surface area contributed by atoms with Crippen molar-refractivity contribution in [3.63, 3.8) is 0 Å². The first-order valence-electron chi connectivity index (χ1n) is 11.8. The number of aryl methyl sites for hydroxylation is 1. The molecule has 32 heavy (non-hydrogen) atoms. The fourth-order valence-corrected chi connectivity index (χ4v) is 4.12. The van der Waals surface area contributed by atoms with Crippen molar-refractivity contribution in [2.75, 3.05) is 6.61 Å². The van der Waals surface area contributed by atoms with Gasteiger partial charge in [-0.2, -0.15) is 8.78 Å². The molecular weight excluding hydrogens is 525 g/mol. The van der Waals surface area contributed by atoms with Crippen LogP contribution in [0.5, 0.6) is 0 Å². The van der Waals surface area contributed by atoms with Crippen molar-refractivity contribution in [3.05, 3.63) is 41.5 Å². The van der Waals surface area contributed by atoms with E-state index < -0.39 is 9.71 Å². The molecule has 0 aliphatic heterocycles. The average Bonchev–Trinajstić information content (AvgIpc) is 2.74.